The lowest BCUT2D eigenvalue weighted by Crippen LogP contribution is -2.35. The number of halogens is 1. The Morgan fingerprint density at radius 3 is 2.95 bits per heavy atom. The van der Waals surface area contributed by atoms with Gasteiger partial charge in [0, 0.05) is 12.4 Å². The number of anilines is 1. The van der Waals surface area contributed by atoms with Crippen LogP contribution in [0.4, 0.5) is 5.69 Å². The van der Waals surface area contributed by atoms with Crippen molar-refractivity contribution in [3.8, 4) is 5.69 Å². The number of amides is 1. The fraction of sp³-hybridized carbons (Fsp3) is 0.286. The summed E-state index contributed by atoms with van der Waals surface area (Å²) in [6.07, 6.45) is 4.92. The number of nitrogens with two attached hydrogens (primary N) is 1. The van der Waals surface area contributed by atoms with Crippen LogP contribution < -0.4 is 11.1 Å². The molecule has 0 aliphatic rings. The van der Waals surface area contributed by atoms with Gasteiger partial charge in [0.1, 0.15) is 5.69 Å². The first-order valence-electron chi connectivity index (χ1n) is 6.48. The predicted octanol–water partition coefficient (Wildman–Crippen LogP) is 2.59. The minimum absolute atomic E-state index is 0.220. The summed E-state index contributed by atoms with van der Waals surface area (Å²) in [5.74, 6) is -0.220. The second kappa shape index (κ2) is 6.54. The molecular weight excluding hydrogens is 276 g/mol. The van der Waals surface area contributed by atoms with Gasteiger partial charge in [-0.3, -0.25) is 4.79 Å². The summed E-state index contributed by atoms with van der Waals surface area (Å²) in [6, 6.07) is 6.57. The molecule has 0 spiro atoms. The Morgan fingerprint density at radius 1 is 1.50 bits per heavy atom. The van der Waals surface area contributed by atoms with Gasteiger partial charge >= 0.3 is 0 Å². The van der Waals surface area contributed by atoms with Crippen LogP contribution in [0.1, 0.15) is 19.8 Å². The number of aromatic nitrogens is 2. The van der Waals surface area contributed by atoms with E-state index in [1.165, 1.54) is 0 Å². The Balaban J connectivity index is 2.29. The van der Waals surface area contributed by atoms with Gasteiger partial charge in [-0.05, 0) is 24.6 Å². The van der Waals surface area contributed by atoms with Crippen LogP contribution in [0.25, 0.3) is 5.69 Å². The quantitative estimate of drug-likeness (QED) is 0.889. The molecule has 0 aliphatic heterocycles. The third kappa shape index (κ3) is 3.18. The molecule has 1 atom stereocenters. The van der Waals surface area contributed by atoms with Gasteiger partial charge in [-0.25, -0.2) is 4.68 Å². The van der Waals surface area contributed by atoms with Crippen molar-refractivity contribution in [2.24, 2.45) is 5.73 Å². The highest BCUT2D eigenvalue weighted by molar-refractivity contribution is 6.33. The molecular formula is C14H17ClN4O. The van der Waals surface area contributed by atoms with Gasteiger partial charge in [0.2, 0.25) is 5.91 Å². The summed E-state index contributed by atoms with van der Waals surface area (Å²) >= 11 is 6.20. The minimum atomic E-state index is -0.524. The van der Waals surface area contributed by atoms with Crippen LogP contribution >= 0.6 is 11.6 Å². The topological polar surface area (TPSA) is 72.9 Å². The van der Waals surface area contributed by atoms with Gasteiger partial charge in [-0.15, -0.1) is 0 Å². The number of para-hydroxylation sites is 1. The zero-order valence-corrected chi connectivity index (χ0v) is 12.0. The molecule has 0 aliphatic carbocycles. The number of hydrogen-bond acceptors (Lipinski definition) is 3. The van der Waals surface area contributed by atoms with Crippen LogP contribution in [0.3, 0.4) is 0 Å². The molecule has 20 heavy (non-hydrogen) atoms. The molecule has 0 bridgehead atoms. The number of hydrogen-bond donors (Lipinski definition) is 2. The number of rotatable bonds is 5. The van der Waals surface area contributed by atoms with Crippen molar-refractivity contribution in [1.29, 1.82) is 0 Å². The van der Waals surface area contributed by atoms with Crippen molar-refractivity contribution >= 4 is 23.2 Å². The van der Waals surface area contributed by atoms with Crippen molar-refractivity contribution in [3.05, 3.63) is 41.7 Å². The molecule has 2 rings (SSSR count). The first kappa shape index (κ1) is 14.6. The standard InChI is InChI=1S/C14H17ClN4O/c1-2-5-11(16)14(20)18-12-7-3-6-10(15)13(12)19-9-4-8-17-19/h3-4,6-9,11H,2,5,16H2,1H3,(H,18,20)/t11-/m0/s1. The van der Waals surface area contributed by atoms with E-state index in [-0.39, 0.29) is 5.91 Å². The number of carbonyl (C=O) groups is 1. The van der Waals surface area contributed by atoms with E-state index < -0.39 is 6.04 Å². The smallest absolute Gasteiger partial charge is 0.241 e. The van der Waals surface area contributed by atoms with Gasteiger partial charge in [-0.1, -0.05) is 31.0 Å². The number of carbonyl (C=O) groups excluding carboxylic acids is 1. The zero-order chi connectivity index (χ0) is 14.5. The van der Waals surface area contributed by atoms with E-state index in [0.29, 0.717) is 22.8 Å². The summed E-state index contributed by atoms with van der Waals surface area (Å²) < 4.78 is 1.61. The highest BCUT2D eigenvalue weighted by atomic mass is 35.5. The lowest BCUT2D eigenvalue weighted by molar-refractivity contribution is -0.117. The Kier molecular flexibility index (Phi) is 4.76. The van der Waals surface area contributed by atoms with Crippen LogP contribution in [0.15, 0.2) is 36.7 Å². The SMILES string of the molecule is CCC[C@H](N)C(=O)Nc1cccc(Cl)c1-n1cccn1. The third-order valence-electron chi connectivity index (χ3n) is 2.91. The van der Waals surface area contributed by atoms with Crippen LogP contribution in [0.2, 0.25) is 5.02 Å². The lowest BCUT2D eigenvalue weighted by atomic mass is 10.1. The van der Waals surface area contributed by atoms with Gasteiger partial charge in [0.25, 0.3) is 0 Å². The summed E-state index contributed by atoms with van der Waals surface area (Å²) in [5.41, 5.74) is 7.05. The third-order valence-corrected chi connectivity index (χ3v) is 3.22. The Labute approximate surface area is 122 Å². The highest BCUT2D eigenvalue weighted by Crippen LogP contribution is 2.28. The lowest BCUT2D eigenvalue weighted by Gasteiger charge is -2.15. The van der Waals surface area contributed by atoms with E-state index in [1.807, 2.05) is 6.92 Å². The summed E-state index contributed by atoms with van der Waals surface area (Å²) in [5, 5.41) is 7.47. The molecule has 5 nitrogen and oxygen atoms in total. The molecule has 1 heterocycles. The molecule has 106 valence electrons. The van der Waals surface area contributed by atoms with Gasteiger partial charge < -0.3 is 11.1 Å². The van der Waals surface area contributed by atoms with Gasteiger partial charge in [0.15, 0.2) is 0 Å². The fourth-order valence-electron chi connectivity index (χ4n) is 1.92. The number of benzene rings is 1. The van der Waals surface area contributed by atoms with Crippen molar-refractivity contribution in [2.75, 3.05) is 5.32 Å². The number of nitrogens with one attached hydrogen (secondary N) is 1. The van der Waals surface area contributed by atoms with E-state index in [1.54, 1.807) is 41.3 Å². The predicted molar refractivity (Wildman–Crippen MR) is 80.1 cm³/mol. The van der Waals surface area contributed by atoms with Crippen LogP contribution in [0, 0.1) is 0 Å². The maximum absolute atomic E-state index is 12.0. The average Bonchev–Trinajstić information content (AvgIpc) is 2.92. The first-order valence-corrected chi connectivity index (χ1v) is 6.86. The molecule has 0 saturated carbocycles. The van der Waals surface area contributed by atoms with E-state index >= 15 is 0 Å². The molecule has 1 aromatic heterocycles. The molecule has 0 unspecified atom stereocenters. The fourth-order valence-corrected chi connectivity index (χ4v) is 2.18. The molecule has 0 saturated heterocycles. The van der Waals surface area contributed by atoms with Crippen molar-refractivity contribution in [1.82, 2.24) is 9.78 Å². The summed E-state index contributed by atoms with van der Waals surface area (Å²) in [7, 11) is 0. The monoisotopic (exact) mass is 292 g/mol. The molecule has 1 aromatic carbocycles. The van der Waals surface area contributed by atoms with Gasteiger partial charge in [0.05, 0.1) is 16.8 Å². The maximum Gasteiger partial charge on any atom is 0.241 e. The van der Waals surface area contributed by atoms with Crippen molar-refractivity contribution in [2.45, 2.75) is 25.8 Å². The molecule has 1 amide bonds. The van der Waals surface area contributed by atoms with E-state index in [9.17, 15) is 4.79 Å². The maximum atomic E-state index is 12.0. The second-order valence-electron chi connectivity index (χ2n) is 4.47. The molecule has 6 heteroatoms. The zero-order valence-electron chi connectivity index (χ0n) is 11.2. The van der Waals surface area contributed by atoms with Crippen LogP contribution in [0.5, 0.6) is 0 Å². The Hall–Kier alpha value is -1.85. The van der Waals surface area contributed by atoms with Crippen LogP contribution in [-0.2, 0) is 4.79 Å². The van der Waals surface area contributed by atoms with E-state index in [2.05, 4.69) is 10.4 Å². The normalized spacial score (nSPS) is 12.2. The molecule has 0 radical (unpaired) electrons. The van der Waals surface area contributed by atoms with Gasteiger partial charge in [-0.2, -0.15) is 5.10 Å². The molecule has 2 aromatic rings. The molecule has 3 N–H and O–H groups in total. The number of nitrogens with zero attached hydrogens (tertiary/aromatic N) is 2. The van der Waals surface area contributed by atoms with E-state index in [0.717, 1.165) is 6.42 Å². The second-order valence-corrected chi connectivity index (χ2v) is 4.88. The van der Waals surface area contributed by atoms with Crippen LogP contribution in [-0.4, -0.2) is 21.7 Å². The van der Waals surface area contributed by atoms with E-state index in [4.69, 9.17) is 17.3 Å². The van der Waals surface area contributed by atoms with Crippen molar-refractivity contribution in [3.63, 3.8) is 0 Å². The summed E-state index contributed by atoms with van der Waals surface area (Å²) in [4.78, 5) is 12.0. The highest BCUT2D eigenvalue weighted by Gasteiger charge is 2.16. The Bertz CT molecular complexity index is 583. The van der Waals surface area contributed by atoms with Crippen molar-refractivity contribution < 1.29 is 4.79 Å². The first-order chi connectivity index (χ1) is 9.63. The summed E-state index contributed by atoms with van der Waals surface area (Å²) in [6.45, 7) is 1.99. The Morgan fingerprint density at radius 2 is 2.30 bits per heavy atom. The largest absolute Gasteiger partial charge is 0.323 e. The minimum Gasteiger partial charge on any atom is -0.323 e. The molecule has 0 fully saturated rings. The average molecular weight is 293 g/mol.